The van der Waals surface area contributed by atoms with E-state index >= 15 is 0 Å². The Morgan fingerprint density at radius 1 is 1.00 bits per heavy atom. The van der Waals surface area contributed by atoms with E-state index in [0.29, 0.717) is 19.4 Å². The fourth-order valence-electron chi connectivity index (χ4n) is 4.64. The first kappa shape index (κ1) is 26.4. The Bertz CT molecular complexity index is 1100. The molecule has 1 N–H and O–H groups in total. The van der Waals surface area contributed by atoms with Gasteiger partial charge in [-0.1, -0.05) is 18.6 Å². The molecule has 196 valence electrons. The third-order valence-electron chi connectivity index (χ3n) is 6.65. The zero-order valence-electron chi connectivity index (χ0n) is 22.1. The van der Waals surface area contributed by atoms with Gasteiger partial charge in [-0.3, -0.25) is 5.32 Å². The van der Waals surface area contributed by atoms with Gasteiger partial charge in [-0.25, -0.2) is 4.98 Å². The van der Waals surface area contributed by atoms with E-state index in [1.54, 1.807) is 7.11 Å². The van der Waals surface area contributed by atoms with Gasteiger partial charge in [0, 0.05) is 25.0 Å². The molecule has 3 aromatic rings. The van der Waals surface area contributed by atoms with Gasteiger partial charge in [0.1, 0.15) is 11.5 Å². The molecule has 1 saturated heterocycles. The van der Waals surface area contributed by atoms with Gasteiger partial charge in [0.05, 0.1) is 38.3 Å². The van der Waals surface area contributed by atoms with E-state index < -0.39 is 0 Å². The van der Waals surface area contributed by atoms with Crippen molar-refractivity contribution in [2.24, 2.45) is 0 Å². The van der Waals surface area contributed by atoms with Crippen LogP contribution in [-0.4, -0.2) is 62.6 Å². The van der Waals surface area contributed by atoms with Crippen molar-refractivity contribution in [3.8, 4) is 22.8 Å². The summed E-state index contributed by atoms with van der Waals surface area (Å²) in [6.45, 7) is 9.72. The van der Waals surface area contributed by atoms with E-state index in [0.717, 1.165) is 65.2 Å². The Balaban J connectivity index is 0.00000380. The minimum Gasteiger partial charge on any atom is -0.497 e. The van der Waals surface area contributed by atoms with Gasteiger partial charge in [-0.2, -0.15) is 0 Å². The molecule has 0 aliphatic carbocycles. The van der Waals surface area contributed by atoms with Crippen LogP contribution in [0.15, 0.2) is 48.5 Å². The van der Waals surface area contributed by atoms with E-state index in [9.17, 15) is 0 Å². The third kappa shape index (κ3) is 7.66. The number of methoxy groups -OCH3 is 1. The first-order chi connectivity index (χ1) is 17.6. The molecule has 36 heavy (non-hydrogen) atoms. The molecule has 2 heterocycles. The van der Waals surface area contributed by atoms with E-state index in [-0.39, 0.29) is 1.43 Å². The van der Waals surface area contributed by atoms with Gasteiger partial charge >= 0.3 is 0 Å². The van der Waals surface area contributed by atoms with E-state index in [1.165, 1.54) is 32.4 Å². The molecule has 1 aromatic heterocycles. The average molecular weight is 494 g/mol. The normalized spacial score (nSPS) is 14.4. The third-order valence-corrected chi connectivity index (χ3v) is 6.65. The Morgan fingerprint density at radius 3 is 2.67 bits per heavy atom. The number of pyridine rings is 1. The number of benzene rings is 2. The molecule has 1 fully saturated rings. The Hall–Kier alpha value is -2.67. The lowest BCUT2D eigenvalue weighted by atomic mass is 10.0. The highest BCUT2D eigenvalue weighted by Gasteiger charge is 2.12. The van der Waals surface area contributed by atoms with Crippen LogP contribution in [-0.2, 0) is 11.2 Å². The maximum atomic E-state index is 6.12. The lowest BCUT2D eigenvalue weighted by Gasteiger charge is -2.26. The molecule has 1 aliphatic heterocycles. The van der Waals surface area contributed by atoms with Crippen LogP contribution in [0.2, 0.25) is 0 Å². The number of aromatic nitrogens is 1. The van der Waals surface area contributed by atoms with Crippen LogP contribution >= 0.6 is 0 Å². The van der Waals surface area contributed by atoms with Crippen molar-refractivity contribution >= 4 is 10.9 Å². The second-order valence-electron chi connectivity index (χ2n) is 9.85. The number of nitrogens with one attached hydrogen (secondary N) is 1. The molecule has 1 aliphatic rings. The topological polar surface area (TPSA) is 55.9 Å². The molecule has 0 bridgehead atoms. The van der Waals surface area contributed by atoms with Gasteiger partial charge < -0.3 is 19.1 Å². The number of ether oxygens (including phenoxy) is 3. The summed E-state index contributed by atoms with van der Waals surface area (Å²) in [5.41, 5.74) is 4.13. The van der Waals surface area contributed by atoms with Gasteiger partial charge in [0.25, 0.3) is 0 Å². The van der Waals surface area contributed by atoms with Crippen molar-refractivity contribution < 1.29 is 15.6 Å². The van der Waals surface area contributed by atoms with Crippen molar-refractivity contribution in [3.05, 3.63) is 54.1 Å². The molecule has 0 unspecified atom stereocenters. The first-order valence-electron chi connectivity index (χ1n) is 13.4. The van der Waals surface area contributed by atoms with Crippen LogP contribution in [0.25, 0.3) is 22.2 Å². The molecule has 6 nitrogen and oxygen atoms in total. The van der Waals surface area contributed by atoms with Gasteiger partial charge in [-0.15, -0.1) is 0 Å². The number of likely N-dealkylation sites (tertiary alicyclic amines) is 1. The molecule has 0 radical (unpaired) electrons. The Morgan fingerprint density at radius 2 is 1.86 bits per heavy atom. The summed E-state index contributed by atoms with van der Waals surface area (Å²) in [5, 5.41) is 4.39. The summed E-state index contributed by atoms with van der Waals surface area (Å²) < 4.78 is 17.4. The smallest absolute Gasteiger partial charge is 0.120 e. The number of fused-ring (bicyclic) bond motifs is 1. The molecular formula is C30H43N3O3. The van der Waals surface area contributed by atoms with Crippen molar-refractivity contribution in [2.45, 2.75) is 52.0 Å². The first-order valence-corrected chi connectivity index (χ1v) is 13.4. The molecule has 4 rings (SSSR count). The number of nitrogens with zero attached hydrogens (tertiary/aromatic N) is 2. The minimum absolute atomic E-state index is 0. The minimum atomic E-state index is 0. The summed E-state index contributed by atoms with van der Waals surface area (Å²) in [5.74, 6) is 1.73. The number of piperidine rings is 1. The monoisotopic (exact) mass is 493 g/mol. The Kier molecular flexibility index (Phi) is 9.96. The zero-order chi connectivity index (χ0) is 25.2. The second-order valence-corrected chi connectivity index (χ2v) is 9.85. The lowest BCUT2D eigenvalue weighted by Crippen LogP contribution is -2.31. The average Bonchev–Trinajstić information content (AvgIpc) is 2.91. The van der Waals surface area contributed by atoms with Crippen LogP contribution in [0, 0.1) is 0 Å². The molecular weight excluding hydrogens is 450 g/mol. The number of hydrogen-bond acceptors (Lipinski definition) is 6. The van der Waals surface area contributed by atoms with E-state index in [4.69, 9.17) is 19.2 Å². The highest BCUT2D eigenvalue weighted by molar-refractivity contribution is 5.84. The molecule has 6 heteroatoms. The van der Waals surface area contributed by atoms with Crippen molar-refractivity contribution in [1.82, 2.24) is 15.2 Å². The predicted molar refractivity (Wildman–Crippen MR) is 149 cm³/mol. The summed E-state index contributed by atoms with van der Waals surface area (Å²) in [7, 11) is 1.69. The highest BCUT2D eigenvalue weighted by atomic mass is 16.5. The molecule has 0 saturated carbocycles. The van der Waals surface area contributed by atoms with Crippen molar-refractivity contribution in [1.29, 1.82) is 0 Å². The van der Waals surface area contributed by atoms with Crippen LogP contribution in [0.4, 0.5) is 0 Å². The fraction of sp³-hybridized carbons (Fsp3) is 0.500. The predicted octanol–water partition coefficient (Wildman–Crippen LogP) is 5.93. The fourth-order valence-corrected chi connectivity index (χ4v) is 4.64. The highest BCUT2D eigenvalue weighted by Crippen LogP contribution is 2.30. The van der Waals surface area contributed by atoms with Gasteiger partial charge in [0.2, 0.25) is 0 Å². The largest absolute Gasteiger partial charge is 0.497 e. The summed E-state index contributed by atoms with van der Waals surface area (Å²) >= 11 is 0. The van der Waals surface area contributed by atoms with Crippen LogP contribution in [0.1, 0.15) is 46.5 Å². The molecule has 0 amide bonds. The standard InChI is InChI=1S/C30H41N3O3.H2/c1-23(2)31-22-35-18-13-25-19-26-21-28(36-17-8-16-33-14-5-4-6-15-33)11-12-29(26)32-30(25)24-9-7-10-27(20-24)34-3;/h7,9-12,19-21,23,31H,4-6,8,13-18,22H2,1-3H3;1H. The maximum Gasteiger partial charge on any atom is 0.120 e. The Labute approximate surface area is 217 Å². The number of hydrogen-bond donors (Lipinski definition) is 1. The molecule has 0 spiro atoms. The SMILES string of the molecule is COc1cccc(-c2nc3ccc(OCCCN4CCCCC4)cc3cc2CCOCNC(C)C)c1.[HH]. The summed E-state index contributed by atoms with van der Waals surface area (Å²) in [6, 6.07) is 16.9. The molecule has 0 atom stereocenters. The van der Waals surface area contributed by atoms with Crippen LogP contribution in [0.3, 0.4) is 0 Å². The second kappa shape index (κ2) is 13.6. The summed E-state index contributed by atoms with van der Waals surface area (Å²) in [6.07, 6.45) is 5.87. The van der Waals surface area contributed by atoms with Gasteiger partial charge in [0.15, 0.2) is 0 Å². The quantitative estimate of drug-likeness (QED) is 0.235. The summed E-state index contributed by atoms with van der Waals surface area (Å²) in [4.78, 5) is 7.62. The molecule has 2 aromatic carbocycles. The lowest BCUT2D eigenvalue weighted by molar-refractivity contribution is 0.114. The van der Waals surface area contributed by atoms with E-state index in [2.05, 4.69) is 48.3 Å². The van der Waals surface area contributed by atoms with Crippen molar-refractivity contribution in [2.75, 3.05) is 46.7 Å². The number of rotatable bonds is 13. The van der Waals surface area contributed by atoms with Crippen LogP contribution < -0.4 is 14.8 Å². The van der Waals surface area contributed by atoms with Crippen molar-refractivity contribution in [3.63, 3.8) is 0 Å². The maximum absolute atomic E-state index is 6.12. The van der Waals surface area contributed by atoms with E-state index in [1.807, 2.05) is 24.3 Å². The zero-order valence-corrected chi connectivity index (χ0v) is 22.1. The van der Waals surface area contributed by atoms with Gasteiger partial charge in [-0.05, 0) is 94.6 Å². The van der Waals surface area contributed by atoms with Crippen LogP contribution in [0.5, 0.6) is 11.5 Å².